The summed E-state index contributed by atoms with van der Waals surface area (Å²) in [5.74, 6) is -0.215. The van der Waals surface area contributed by atoms with E-state index in [0.717, 1.165) is 11.3 Å². The number of rotatable bonds is 8. The first-order valence-electron chi connectivity index (χ1n) is 9.90. The zero-order valence-corrected chi connectivity index (χ0v) is 19.8. The number of nitrogens with zero attached hydrogens (tertiary/aromatic N) is 3. The minimum Gasteiger partial charge on any atom is -0.336 e. The van der Waals surface area contributed by atoms with E-state index >= 15 is 0 Å². The average molecular weight is 487 g/mol. The van der Waals surface area contributed by atoms with Gasteiger partial charge < -0.3 is 4.90 Å². The Morgan fingerprint density at radius 2 is 1.61 bits per heavy atom. The molecule has 0 bridgehead atoms. The van der Waals surface area contributed by atoms with E-state index in [2.05, 4.69) is 4.72 Å². The first kappa shape index (κ1) is 23.7. The number of nitrogens with one attached hydrogen (secondary N) is 1. The van der Waals surface area contributed by atoms with Crippen LogP contribution in [0.3, 0.4) is 0 Å². The molecule has 0 saturated carbocycles. The quantitative estimate of drug-likeness (QED) is 0.613. The summed E-state index contributed by atoms with van der Waals surface area (Å²) >= 11 is 1.12. The van der Waals surface area contributed by atoms with Crippen LogP contribution in [-0.4, -0.2) is 75.5 Å². The van der Waals surface area contributed by atoms with Gasteiger partial charge in [0.25, 0.3) is 26.1 Å². The number of benzene rings is 1. The zero-order valence-electron chi connectivity index (χ0n) is 17.4. The van der Waals surface area contributed by atoms with Crippen molar-refractivity contribution in [2.75, 3.05) is 44.0 Å². The fraction of sp³-hybridized carbons (Fsp3) is 0.421. The highest BCUT2D eigenvalue weighted by molar-refractivity contribution is 7.94. The number of anilines is 1. The fourth-order valence-electron chi connectivity index (χ4n) is 3.32. The van der Waals surface area contributed by atoms with Gasteiger partial charge in [0.1, 0.15) is 4.21 Å². The Morgan fingerprint density at radius 3 is 2.13 bits per heavy atom. The molecule has 1 aliphatic rings. The lowest BCUT2D eigenvalue weighted by Crippen LogP contribution is -2.54. The molecule has 1 aromatic heterocycles. The third-order valence-corrected chi connectivity index (χ3v) is 9.99. The van der Waals surface area contributed by atoms with E-state index in [1.807, 2.05) is 0 Å². The highest BCUT2D eigenvalue weighted by Gasteiger charge is 2.32. The van der Waals surface area contributed by atoms with Gasteiger partial charge in [-0.2, -0.15) is 17.0 Å². The molecule has 0 aliphatic carbocycles. The van der Waals surface area contributed by atoms with Gasteiger partial charge in [-0.15, -0.1) is 11.3 Å². The smallest absolute Gasteiger partial charge is 0.282 e. The zero-order chi connectivity index (χ0) is 22.6. The molecule has 0 atom stereocenters. The molecule has 2 aromatic rings. The number of carbonyl (C=O) groups is 1. The van der Waals surface area contributed by atoms with Crippen molar-refractivity contribution in [2.24, 2.45) is 0 Å². The third kappa shape index (κ3) is 5.26. The summed E-state index contributed by atoms with van der Waals surface area (Å²) in [5, 5.41) is 1.68. The van der Waals surface area contributed by atoms with Gasteiger partial charge in [0.15, 0.2) is 0 Å². The van der Waals surface area contributed by atoms with Crippen molar-refractivity contribution in [3.63, 3.8) is 0 Å². The van der Waals surface area contributed by atoms with Gasteiger partial charge in [-0.3, -0.25) is 9.52 Å². The van der Waals surface area contributed by atoms with E-state index in [9.17, 15) is 21.6 Å². The Morgan fingerprint density at radius 1 is 1.00 bits per heavy atom. The van der Waals surface area contributed by atoms with Crippen LogP contribution in [0.5, 0.6) is 0 Å². The molecule has 0 spiro atoms. The highest BCUT2D eigenvalue weighted by Crippen LogP contribution is 2.21. The van der Waals surface area contributed by atoms with Gasteiger partial charge in [-0.05, 0) is 35.7 Å². The van der Waals surface area contributed by atoms with Crippen LogP contribution in [0.15, 0.2) is 46.0 Å². The summed E-state index contributed by atoms with van der Waals surface area (Å²) in [6, 6.07) is 9.39. The molecule has 9 nitrogen and oxygen atoms in total. The number of sulfonamides is 1. The second-order valence-corrected chi connectivity index (χ2v) is 11.7. The van der Waals surface area contributed by atoms with Crippen molar-refractivity contribution in [2.45, 2.75) is 18.1 Å². The fourth-order valence-corrected chi connectivity index (χ4v) is 6.98. The van der Waals surface area contributed by atoms with Crippen LogP contribution in [0.25, 0.3) is 0 Å². The normalized spacial score (nSPS) is 15.9. The maximum absolute atomic E-state index is 12.8. The molecule has 1 saturated heterocycles. The minimum atomic E-state index is -3.65. The van der Waals surface area contributed by atoms with Gasteiger partial charge in [0.2, 0.25) is 0 Å². The molecule has 0 radical (unpaired) electrons. The van der Waals surface area contributed by atoms with Crippen LogP contribution in [0.1, 0.15) is 24.2 Å². The summed E-state index contributed by atoms with van der Waals surface area (Å²) in [4.78, 5) is 14.4. The van der Waals surface area contributed by atoms with E-state index in [1.54, 1.807) is 54.5 Å². The standard InChI is InChI=1S/C19H26N4O5S3/c1-3-22(4-2)31(27,28)23-13-11-21(12-14-23)19(24)16-7-9-17(10-8-16)20-30(25,26)18-6-5-15-29-18/h5-10,15,20H,3-4,11-14H2,1-2H3. The molecule has 170 valence electrons. The molecule has 2 heterocycles. The van der Waals surface area contributed by atoms with E-state index in [1.165, 1.54) is 14.7 Å². The molecule has 1 aliphatic heterocycles. The molecular formula is C19H26N4O5S3. The third-order valence-electron chi connectivity index (χ3n) is 5.03. The van der Waals surface area contributed by atoms with Gasteiger partial charge in [0.05, 0.1) is 0 Å². The number of thiophene rings is 1. The van der Waals surface area contributed by atoms with Crippen molar-refractivity contribution < 1.29 is 21.6 Å². The topological polar surface area (TPSA) is 107 Å². The molecule has 1 fully saturated rings. The maximum Gasteiger partial charge on any atom is 0.282 e. The average Bonchev–Trinajstić information content (AvgIpc) is 3.30. The second kappa shape index (κ2) is 9.65. The van der Waals surface area contributed by atoms with Crippen molar-refractivity contribution in [3.05, 3.63) is 47.3 Å². The monoisotopic (exact) mass is 486 g/mol. The highest BCUT2D eigenvalue weighted by atomic mass is 32.2. The van der Waals surface area contributed by atoms with Crippen LogP contribution in [0.4, 0.5) is 5.69 Å². The van der Waals surface area contributed by atoms with E-state index in [0.29, 0.717) is 37.4 Å². The molecule has 0 unspecified atom stereocenters. The lowest BCUT2D eigenvalue weighted by molar-refractivity contribution is 0.0694. The Hall–Kier alpha value is -1.99. The molecule has 1 aromatic carbocycles. The molecule has 1 N–H and O–H groups in total. The first-order valence-corrected chi connectivity index (χ1v) is 13.7. The summed E-state index contributed by atoms with van der Waals surface area (Å²) < 4.78 is 55.4. The van der Waals surface area contributed by atoms with Crippen molar-refractivity contribution >= 4 is 43.2 Å². The number of carbonyl (C=O) groups excluding carboxylic acids is 1. The SMILES string of the molecule is CCN(CC)S(=O)(=O)N1CCN(C(=O)c2ccc(NS(=O)(=O)c3cccs3)cc2)CC1. The van der Waals surface area contributed by atoms with Crippen LogP contribution in [0, 0.1) is 0 Å². The number of piperazine rings is 1. The van der Waals surface area contributed by atoms with E-state index in [-0.39, 0.29) is 23.2 Å². The van der Waals surface area contributed by atoms with E-state index in [4.69, 9.17) is 0 Å². The second-order valence-electron chi connectivity index (χ2n) is 6.90. The van der Waals surface area contributed by atoms with Gasteiger partial charge in [-0.1, -0.05) is 19.9 Å². The predicted molar refractivity (Wildman–Crippen MR) is 121 cm³/mol. The molecule has 3 rings (SSSR count). The van der Waals surface area contributed by atoms with Crippen LogP contribution < -0.4 is 4.72 Å². The van der Waals surface area contributed by atoms with Crippen molar-refractivity contribution in [1.82, 2.24) is 13.5 Å². The number of hydrogen-bond acceptors (Lipinski definition) is 6. The van der Waals surface area contributed by atoms with Crippen molar-refractivity contribution in [3.8, 4) is 0 Å². The van der Waals surface area contributed by atoms with Gasteiger partial charge in [0, 0.05) is 50.5 Å². The Kier molecular flexibility index (Phi) is 7.37. The molecular weight excluding hydrogens is 460 g/mol. The van der Waals surface area contributed by atoms with Crippen LogP contribution in [0.2, 0.25) is 0 Å². The lowest BCUT2D eigenvalue weighted by atomic mass is 10.1. The van der Waals surface area contributed by atoms with Gasteiger partial charge >= 0.3 is 0 Å². The number of amides is 1. The van der Waals surface area contributed by atoms with Crippen LogP contribution in [-0.2, 0) is 20.2 Å². The molecule has 31 heavy (non-hydrogen) atoms. The lowest BCUT2D eigenvalue weighted by Gasteiger charge is -2.36. The largest absolute Gasteiger partial charge is 0.336 e. The van der Waals surface area contributed by atoms with Gasteiger partial charge in [-0.25, -0.2) is 8.42 Å². The van der Waals surface area contributed by atoms with Crippen molar-refractivity contribution in [1.29, 1.82) is 0 Å². The molecule has 1 amide bonds. The maximum atomic E-state index is 12.8. The van der Waals surface area contributed by atoms with E-state index < -0.39 is 20.2 Å². The first-order chi connectivity index (χ1) is 14.7. The minimum absolute atomic E-state index is 0.213. The predicted octanol–water partition coefficient (Wildman–Crippen LogP) is 1.89. The summed E-state index contributed by atoms with van der Waals surface area (Å²) in [6.07, 6.45) is 0. The van der Waals surface area contributed by atoms with Crippen LogP contribution >= 0.6 is 11.3 Å². The Labute approximate surface area is 187 Å². The number of hydrogen-bond donors (Lipinski definition) is 1. The Balaban J connectivity index is 1.62. The summed E-state index contributed by atoms with van der Waals surface area (Å²) in [7, 11) is -7.16. The summed E-state index contributed by atoms with van der Waals surface area (Å²) in [5.41, 5.74) is 0.777. The molecule has 12 heteroatoms. The Bertz CT molecular complexity index is 1090. The summed E-state index contributed by atoms with van der Waals surface area (Å²) in [6.45, 7) is 5.47.